The molecule has 5 heteroatoms. The van der Waals surface area contributed by atoms with Crippen LogP contribution in [0.25, 0.3) is 11.1 Å². The predicted octanol–water partition coefficient (Wildman–Crippen LogP) is 6.96. The fraction of sp³-hybridized carbons (Fsp3) is 0.200. The Bertz CT molecular complexity index is 1440. The number of hydrogen-bond acceptors (Lipinski definition) is 3. The van der Waals surface area contributed by atoms with Gasteiger partial charge in [0.25, 0.3) is 10.1 Å². The van der Waals surface area contributed by atoms with Crippen molar-refractivity contribution in [3.63, 3.8) is 0 Å². The molecule has 35 heavy (non-hydrogen) atoms. The van der Waals surface area contributed by atoms with Crippen LogP contribution in [-0.2, 0) is 20.9 Å². The van der Waals surface area contributed by atoms with Crippen LogP contribution in [0.5, 0.6) is 5.75 Å². The van der Waals surface area contributed by atoms with Gasteiger partial charge in [0, 0.05) is 16.4 Å². The van der Waals surface area contributed by atoms with Crippen molar-refractivity contribution in [2.24, 2.45) is 0 Å². The van der Waals surface area contributed by atoms with Gasteiger partial charge in [0.15, 0.2) is 0 Å². The number of phenolic OH excluding ortho intramolecular Hbond substituents is 1. The second-order valence-electron chi connectivity index (χ2n) is 9.84. The van der Waals surface area contributed by atoms with Gasteiger partial charge in [-0.25, -0.2) is 0 Å². The molecule has 0 bridgehead atoms. The molecule has 2 N–H and O–H groups in total. The van der Waals surface area contributed by atoms with Gasteiger partial charge >= 0.3 is 0 Å². The van der Waals surface area contributed by atoms with Gasteiger partial charge in [0.1, 0.15) is 10.6 Å². The first-order valence-electron chi connectivity index (χ1n) is 11.5. The lowest BCUT2D eigenvalue weighted by molar-refractivity contribution is 0.426. The highest BCUT2D eigenvalue weighted by atomic mass is 32.2. The fourth-order valence-corrected chi connectivity index (χ4v) is 5.47. The lowest BCUT2D eigenvalue weighted by atomic mass is 9.68. The smallest absolute Gasteiger partial charge is 0.298 e. The second-order valence-corrected chi connectivity index (χ2v) is 11.2. The quantitative estimate of drug-likeness (QED) is 0.289. The summed E-state index contributed by atoms with van der Waals surface area (Å²) in [4.78, 5) is -0.491. The number of benzene rings is 4. The largest absolute Gasteiger partial charge is 0.506 e. The van der Waals surface area contributed by atoms with E-state index in [-0.39, 0.29) is 0 Å². The molecule has 0 radical (unpaired) electrons. The van der Waals surface area contributed by atoms with Crippen LogP contribution in [0.1, 0.15) is 49.9 Å². The Balaban J connectivity index is 2.22. The summed E-state index contributed by atoms with van der Waals surface area (Å²) in [7, 11) is -4.71. The molecule has 0 heterocycles. The van der Waals surface area contributed by atoms with E-state index in [1.165, 1.54) is 6.07 Å². The SMILES string of the molecule is CC(C)(c1ccccc1)c1cc(S(=O)(=O)O)c(O)c(C(C)(C)c2ccccc2)c1-c1ccccc1. The van der Waals surface area contributed by atoms with Crippen LogP contribution < -0.4 is 0 Å². The predicted molar refractivity (Wildman–Crippen MR) is 140 cm³/mol. The fourth-order valence-electron chi connectivity index (χ4n) is 4.86. The molecule has 0 aliphatic rings. The lowest BCUT2D eigenvalue weighted by Gasteiger charge is -2.36. The molecule has 4 aromatic rings. The molecule has 0 aliphatic heterocycles. The second kappa shape index (κ2) is 8.99. The van der Waals surface area contributed by atoms with Crippen LogP contribution in [0, 0.1) is 0 Å². The summed E-state index contributed by atoms with van der Waals surface area (Å²) < 4.78 is 35.2. The summed E-state index contributed by atoms with van der Waals surface area (Å²) in [6.07, 6.45) is 0. The summed E-state index contributed by atoms with van der Waals surface area (Å²) in [5.41, 5.74) is 3.18. The number of aromatic hydroxyl groups is 1. The number of hydrogen-bond donors (Lipinski definition) is 2. The van der Waals surface area contributed by atoms with Crippen LogP contribution in [0.4, 0.5) is 0 Å². The Morgan fingerprint density at radius 2 is 1.09 bits per heavy atom. The first kappa shape index (κ1) is 24.7. The first-order valence-corrected chi connectivity index (χ1v) is 12.9. The zero-order valence-electron chi connectivity index (χ0n) is 20.4. The van der Waals surface area contributed by atoms with Crippen molar-refractivity contribution in [2.75, 3.05) is 0 Å². The summed E-state index contributed by atoms with van der Waals surface area (Å²) >= 11 is 0. The van der Waals surface area contributed by atoms with Crippen molar-refractivity contribution < 1.29 is 18.1 Å². The summed E-state index contributed by atoms with van der Waals surface area (Å²) in [6, 6.07) is 30.5. The molecule has 4 nitrogen and oxygen atoms in total. The minimum absolute atomic E-state index is 0.437. The van der Waals surface area contributed by atoms with Crippen molar-refractivity contribution in [3.05, 3.63) is 119 Å². The molecular weight excluding hydrogens is 456 g/mol. The molecular formula is C30H30O4S. The van der Waals surface area contributed by atoms with E-state index < -0.39 is 31.6 Å². The van der Waals surface area contributed by atoms with Gasteiger partial charge in [-0.05, 0) is 33.9 Å². The van der Waals surface area contributed by atoms with E-state index in [4.69, 9.17) is 0 Å². The molecule has 0 spiro atoms. The third-order valence-electron chi connectivity index (χ3n) is 6.89. The topological polar surface area (TPSA) is 74.6 Å². The van der Waals surface area contributed by atoms with E-state index in [0.29, 0.717) is 11.1 Å². The van der Waals surface area contributed by atoms with Crippen LogP contribution in [-0.4, -0.2) is 18.1 Å². The standard InChI is InChI=1S/C30H30O4S/c1-29(2,22-16-10-6-11-17-22)24-20-25(35(32,33)34)28(31)27(26(24)21-14-8-5-9-15-21)30(3,4)23-18-12-7-13-19-23/h5-20,31H,1-4H3,(H,32,33,34). The number of rotatable bonds is 6. The van der Waals surface area contributed by atoms with Gasteiger partial charge in [-0.3, -0.25) is 4.55 Å². The zero-order chi connectivity index (χ0) is 25.4. The molecule has 4 aromatic carbocycles. The van der Waals surface area contributed by atoms with Gasteiger partial charge in [0.05, 0.1) is 0 Å². The molecule has 0 unspecified atom stereocenters. The Labute approximate surface area is 207 Å². The maximum Gasteiger partial charge on any atom is 0.298 e. The lowest BCUT2D eigenvalue weighted by Crippen LogP contribution is -2.26. The van der Waals surface area contributed by atoms with E-state index in [0.717, 1.165) is 22.3 Å². The highest BCUT2D eigenvalue weighted by Gasteiger charge is 2.38. The molecule has 0 atom stereocenters. The van der Waals surface area contributed by atoms with Gasteiger partial charge < -0.3 is 5.11 Å². The number of phenols is 1. The van der Waals surface area contributed by atoms with Gasteiger partial charge in [-0.2, -0.15) is 8.42 Å². The minimum atomic E-state index is -4.71. The molecule has 4 rings (SSSR count). The summed E-state index contributed by atoms with van der Waals surface area (Å²) in [5.74, 6) is -0.437. The van der Waals surface area contributed by atoms with Gasteiger partial charge in [0.2, 0.25) is 0 Å². The van der Waals surface area contributed by atoms with E-state index in [1.54, 1.807) is 0 Å². The van der Waals surface area contributed by atoms with Gasteiger partial charge in [-0.1, -0.05) is 119 Å². The average Bonchev–Trinajstić information content (AvgIpc) is 2.84. The third kappa shape index (κ3) is 4.49. The van der Waals surface area contributed by atoms with Crippen molar-refractivity contribution in [2.45, 2.75) is 43.4 Å². The van der Waals surface area contributed by atoms with E-state index in [9.17, 15) is 18.1 Å². The Hall–Kier alpha value is -3.41. The maximum atomic E-state index is 12.5. The van der Waals surface area contributed by atoms with E-state index >= 15 is 0 Å². The highest BCUT2D eigenvalue weighted by Crippen LogP contribution is 2.50. The maximum absolute atomic E-state index is 12.5. The molecule has 0 aromatic heterocycles. The monoisotopic (exact) mass is 486 g/mol. The Morgan fingerprint density at radius 3 is 1.54 bits per heavy atom. The van der Waals surface area contributed by atoms with E-state index in [2.05, 4.69) is 0 Å². The van der Waals surface area contributed by atoms with Crippen LogP contribution in [0.2, 0.25) is 0 Å². The van der Waals surface area contributed by atoms with E-state index in [1.807, 2.05) is 119 Å². The summed E-state index contributed by atoms with van der Waals surface area (Å²) in [6.45, 7) is 7.95. The normalized spacial score (nSPS) is 12.5. The Morgan fingerprint density at radius 1 is 0.657 bits per heavy atom. The average molecular weight is 487 g/mol. The molecule has 180 valence electrons. The molecule has 0 aliphatic carbocycles. The Kier molecular flexibility index (Phi) is 6.34. The van der Waals surface area contributed by atoms with Gasteiger partial charge in [-0.15, -0.1) is 0 Å². The molecule has 0 saturated carbocycles. The van der Waals surface area contributed by atoms with Crippen molar-refractivity contribution in [3.8, 4) is 16.9 Å². The molecule has 0 fully saturated rings. The minimum Gasteiger partial charge on any atom is -0.506 e. The molecule has 0 amide bonds. The van der Waals surface area contributed by atoms with Crippen LogP contribution in [0.3, 0.4) is 0 Å². The summed E-state index contributed by atoms with van der Waals surface area (Å²) in [5, 5.41) is 11.5. The third-order valence-corrected chi connectivity index (χ3v) is 7.76. The van der Waals surface area contributed by atoms with Crippen LogP contribution in [0.15, 0.2) is 102 Å². The van der Waals surface area contributed by atoms with Crippen molar-refractivity contribution >= 4 is 10.1 Å². The van der Waals surface area contributed by atoms with Crippen LogP contribution >= 0.6 is 0 Å². The van der Waals surface area contributed by atoms with Crippen molar-refractivity contribution in [1.29, 1.82) is 0 Å². The van der Waals surface area contributed by atoms with Crippen molar-refractivity contribution in [1.82, 2.24) is 0 Å². The molecule has 0 saturated heterocycles. The highest BCUT2D eigenvalue weighted by molar-refractivity contribution is 7.86. The first-order chi connectivity index (χ1) is 16.5. The zero-order valence-corrected chi connectivity index (χ0v) is 21.2.